The summed E-state index contributed by atoms with van der Waals surface area (Å²) in [5.74, 6) is -0.423. The van der Waals surface area contributed by atoms with Gasteiger partial charge in [0.05, 0.1) is 43.2 Å². The third-order valence-corrected chi connectivity index (χ3v) is 7.35. The summed E-state index contributed by atoms with van der Waals surface area (Å²) < 4.78 is 16.9. The van der Waals surface area contributed by atoms with Gasteiger partial charge in [0, 0.05) is 10.6 Å². The van der Waals surface area contributed by atoms with Crippen molar-refractivity contribution in [1.29, 1.82) is 0 Å². The number of carbonyl (C=O) groups excluding carboxylic acids is 2. The molecule has 0 unspecified atom stereocenters. The Kier molecular flexibility index (Phi) is 6.49. The average molecular weight is 537 g/mol. The van der Waals surface area contributed by atoms with Crippen LogP contribution < -0.4 is 19.1 Å². The van der Waals surface area contributed by atoms with Crippen LogP contribution in [0, 0.1) is 0 Å². The Balaban J connectivity index is 1.73. The predicted octanol–water partition coefficient (Wildman–Crippen LogP) is 5.60. The van der Waals surface area contributed by atoms with Gasteiger partial charge in [-0.25, -0.2) is 4.98 Å². The van der Waals surface area contributed by atoms with E-state index in [1.165, 1.54) is 30.5 Å². The van der Waals surface area contributed by atoms with Gasteiger partial charge in [0.1, 0.15) is 11.5 Å². The molecule has 2 heterocycles. The minimum atomic E-state index is -0.974. The molecule has 3 aromatic carbocycles. The van der Waals surface area contributed by atoms with E-state index in [1.807, 2.05) is 6.07 Å². The van der Waals surface area contributed by atoms with Crippen molar-refractivity contribution in [2.75, 3.05) is 26.2 Å². The summed E-state index contributed by atoms with van der Waals surface area (Å²) >= 11 is 7.25. The Morgan fingerprint density at radius 2 is 1.68 bits per heavy atom. The molecule has 1 aliphatic rings. The lowest BCUT2D eigenvalue weighted by Crippen LogP contribution is -2.29. The number of ketones is 1. The molecule has 0 bridgehead atoms. The Labute approximate surface area is 221 Å². The van der Waals surface area contributed by atoms with E-state index in [1.54, 1.807) is 61.7 Å². The van der Waals surface area contributed by atoms with Crippen molar-refractivity contribution in [1.82, 2.24) is 4.98 Å². The normalized spacial score (nSPS) is 16.9. The smallest absolute Gasteiger partial charge is 0.301 e. The summed E-state index contributed by atoms with van der Waals surface area (Å²) in [6.45, 7) is 0. The van der Waals surface area contributed by atoms with Crippen LogP contribution in [0.5, 0.6) is 17.2 Å². The second-order valence-electron chi connectivity index (χ2n) is 8.12. The fraction of sp³-hybridized carbons (Fsp3) is 0.148. The van der Waals surface area contributed by atoms with Gasteiger partial charge >= 0.3 is 5.91 Å². The maximum atomic E-state index is 13.5. The maximum absolute atomic E-state index is 13.5. The van der Waals surface area contributed by atoms with Crippen LogP contribution in [0.15, 0.2) is 66.2 Å². The first-order chi connectivity index (χ1) is 17.9. The quantitative estimate of drug-likeness (QED) is 0.194. The zero-order valence-electron chi connectivity index (χ0n) is 20.0. The summed E-state index contributed by atoms with van der Waals surface area (Å²) in [6.07, 6.45) is 0. The molecular formula is C27H21ClN2O6S. The lowest BCUT2D eigenvalue weighted by Gasteiger charge is -2.23. The van der Waals surface area contributed by atoms with E-state index in [9.17, 15) is 14.7 Å². The standard InChI is InChI=1S/C27H21ClN2O6S/c1-34-17-9-10-18-21(13-17)37-27(29-18)30-23(15-6-11-19(35-2)20(12-15)36-3)22(25(32)26(30)33)24(31)14-4-7-16(28)8-5-14/h4-13,23,31H,1-3H3/t23-/m1/s1. The highest BCUT2D eigenvalue weighted by Crippen LogP contribution is 2.46. The van der Waals surface area contributed by atoms with Crippen LogP contribution in [0.4, 0.5) is 5.13 Å². The number of thiazole rings is 1. The van der Waals surface area contributed by atoms with E-state index in [2.05, 4.69) is 4.98 Å². The molecule has 5 rings (SSSR count). The summed E-state index contributed by atoms with van der Waals surface area (Å²) in [7, 11) is 4.57. The minimum Gasteiger partial charge on any atom is -0.507 e. The maximum Gasteiger partial charge on any atom is 0.301 e. The zero-order valence-corrected chi connectivity index (χ0v) is 21.6. The van der Waals surface area contributed by atoms with Crippen molar-refractivity contribution in [2.24, 2.45) is 0 Å². The zero-order chi connectivity index (χ0) is 26.3. The van der Waals surface area contributed by atoms with E-state index < -0.39 is 17.7 Å². The van der Waals surface area contributed by atoms with Crippen molar-refractivity contribution >= 4 is 55.7 Å². The van der Waals surface area contributed by atoms with Crippen LogP contribution in [0.1, 0.15) is 17.2 Å². The molecular weight excluding hydrogens is 516 g/mol. The average Bonchev–Trinajstić information content (AvgIpc) is 3.45. The van der Waals surface area contributed by atoms with Crippen LogP contribution >= 0.6 is 22.9 Å². The molecule has 0 saturated carbocycles. The highest BCUT2D eigenvalue weighted by Gasteiger charge is 2.48. The van der Waals surface area contributed by atoms with Gasteiger partial charge < -0.3 is 19.3 Å². The number of Topliss-reactive ketones (excluding diaryl/α,β-unsaturated/α-hetero) is 1. The largest absolute Gasteiger partial charge is 0.507 e. The van der Waals surface area contributed by atoms with Gasteiger partial charge in [-0.2, -0.15) is 0 Å². The van der Waals surface area contributed by atoms with Crippen LogP contribution in [-0.2, 0) is 9.59 Å². The number of anilines is 1. The number of nitrogens with zero attached hydrogens (tertiary/aromatic N) is 2. The summed E-state index contributed by atoms with van der Waals surface area (Å²) in [5.41, 5.74) is 1.45. The van der Waals surface area contributed by atoms with Gasteiger partial charge in [-0.3, -0.25) is 14.5 Å². The number of aliphatic hydroxyl groups excluding tert-OH is 1. The fourth-order valence-corrected chi connectivity index (χ4v) is 5.40. The summed E-state index contributed by atoms with van der Waals surface area (Å²) in [5, 5.41) is 12.1. The van der Waals surface area contributed by atoms with Crippen molar-refractivity contribution in [2.45, 2.75) is 6.04 Å². The fourth-order valence-electron chi connectivity index (χ4n) is 4.25. The number of hydrogen-bond donors (Lipinski definition) is 1. The highest BCUT2D eigenvalue weighted by atomic mass is 35.5. The van der Waals surface area contributed by atoms with E-state index in [0.29, 0.717) is 44.0 Å². The molecule has 1 aliphatic heterocycles. The van der Waals surface area contributed by atoms with Gasteiger partial charge in [0.25, 0.3) is 5.78 Å². The van der Waals surface area contributed by atoms with Crippen molar-refractivity contribution < 1.29 is 28.9 Å². The molecule has 4 aromatic rings. The molecule has 1 aromatic heterocycles. The lowest BCUT2D eigenvalue weighted by molar-refractivity contribution is -0.132. The van der Waals surface area contributed by atoms with Gasteiger partial charge in [0.15, 0.2) is 16.6 Å². The van der Waals surface area contributed by atoms with Crippen LogP contribution in [0.2, 0.25) is 5.02 Å². The summed E-state index contributed by atoms with van der Waals surface area (Å²) in [4.78, 5) is 32.8. The number of rotatable bonds is 6. The van der Waals surface area contributed by atoms with E-state index in [-0.39, 0.29) is 11.3 Å². The van der Waals surface area contributed by atoms with Crippen LogP contribution in [-0.4, -0.2) is 43.1 Å². The number of ether oxygens (including phenoxy) is 3. The second kappa shape index (κ2) is 9.76. The van der Waals surface area contributed by atoms with Crippen molar-refractivity contribution in [3.8, 4) is 17.2 Å². The van der Waals surface area contributed by atoms with E-state index in [0.717, 1.165) is 4.70 Å². The number of halogens is 1. The highest BCUT2D eigenvalue weighted by molar-refractivity contribution is 7.22. The molecule has 1 fully saturated rings. The number of amides is 1. The number of benzene rings is 3. The van der Waals surface area contributed by atoms with Gasteiger partial charge in [-0.15, -0.1) is 0 Å². The van der Waals surface area contributed by atoms with Crippen LogP contribution in [0.3, 0.4) is 0 Å². The molecule has 1 amide bonds. The molecule has 1 N–H and O–H groups in total. The number of aliphatic hydroxyl groups is 1. The molecule has 1 atom stereocenters. The van der Waals surface area contributed by atoms with Crippen LogP contribution in [0.25, 0.3) is 16.0 Å². The SMILES string of the molecule is COc1ccc2nc(N3C(=O)C(=O)C(=C(O)c4ccc(Cl)cc4)[C@H]3c3ccc(OC)c(OC)c3)sc2c1. The predicted molar refractivity (Wildman–Crippen MR) is 142 cm³/mol. The second-order valence-corrected chi connectivity index (χ2v) is 9.57. The molecule has 1 saturated heterocycles. The minimum absolute atomic E-state index is 0.0728. The molecule has 0 radical (unpaired) electrons. The monoisotopic (exact) mass is 536 g/mol. The Hall–Kier alpha value is -4.08. The number of methoxy groups -OCH3 is 3. The lowest BCUT2D eigenvalue weighted by atomic mass is 9.95. The molecule has 188 valence electrons. The first-order valence-corrected chi connectivity index (χ1v) is 12.3. The Morgan fingerprint density at radius 3 is 2.35 bits per heavy atom. The molecule has 37 heavy (non-hydrogen) atoms. The molecule has 10 heteroatoms. The van der Waals surface area contributed by atoms with Gasteiger partial charge in [-0.05, 0) is 60.2 Å². The Morgan fingerprint density at radius 1 is 0.946 bits per heavy atom. The number of fused-ring (bicyclic) bond motifs is 1. The van der Waals surface area contributed by atoms with Gasteiger partial charge in [-0.1, -0.05) is 29.0 Å². The topological polar surface area (TPSA) is 98.2 Å². The van der Waals surface area contributed by atoms with Crippen molar-refractivity contribution in [3.05, 3.63) is 82.4 Å². The number of aromatic nitrogens is 1. The van der Waals surface area contributed by atoms with E-state index in [4.69, 9.17) is 25.8 Å². The molecule has 0 spiro atoms. The first-order valence-electron chi connectivity index (χ1n) is 11.1. The van der Waals surface area contributed by atoms with E-state index >= 15 is 0 Å². The van der Waals surface area contributed by atoms with Crippen molar-refractivity contribution in [3.63, 3.8) is 0 Å². The third kappa shape index (κ3) is 4.26. The summed E-state index contributed by atoms with van der Waals surface area (Å²) in [6, 6.07) is 15.8. The Bertz CT molecular complexity index is 1560. The van der Waals surface area contributed by atoms with Gasteiger partial charge in [0.2, 0.25) is 0 Å². The third-order valence-electron chi connectivity index (χ3n) is 6.08. The molecule has 0 aliphatic carbocycles. The first kappa shape index (κ1) is 24.6. The number of hydrogen-bond acceptors (Lipinski definition) is 8. The molecule has 8 nitrogen and oxygen atoms in total. The number of carbonyl (C=O) groups is 2.